The zero-order valence-electron chi connectivity index (χ0n) is 16.1. The van der Waals surface area contributed by atoms with E-state index in [0.29, 0.717) is 0 Å². The molecule has 1 heteroatoms. The molecule has 134 valence electrons. The maximum atomic E-state index is 4.45. The molecule has 1 heterocycles. The fraction of sp³-hybridized carbons (Fsp3) is 0.154. The van der Waals surface area contributed by atoms with E-state index in [-0.39, 0.29) is 0 Å². The van der Waals surface area contributed by atoms with Gasteiger partial charge in [0.1, 0.15) is 0 Å². The Morgan fingerprint density at radius 2 is 1.70 bits per heavy atom. The third-order valence-electron chi connectivity index (χ3n) is 5.13. The number of para-hydroxylation sites is 1. The minimum absolute atomic E-state index is 0.995. The number of fused-ring (bicyclic) bond motifs is 2. The van der Waals surface area contributed by atoms with E-state index in [1.54, 1.807) is 0 Å². The van der Waals surface area contributed by atoms with Gasteiger partial charge in [0, 0.05) is 16.6 Å². The first-order valence-electron chi connectivity index (χ1n) is 9.68. The third-order valence-corrected chi connectivity index (χ3v) is 5.13. The Bertz CT molecular complexity index is 1160. The predicted octanol–water partition coefficient (Wildman–Crippen LogP) is 7.63. The predicted molar refractivity (Wildman–Crippen MR) is 119 cm³/mol. The molecule has 4 aromatic rings. The van der Waals surface area contributed by atoms with Gasteiger partial charge in [-0.25, -0.2) is 0 Å². The molecule has 0 bridgehead atoms. The summed E-state index contributed by atoms with van der Waals surface area (Å²) in [7, 11) is 0. The number of aromatic nitrogens is 1. The van der Waals surface area contributed by atoms with Crippen LogP contribution in [-0.2, 0) is 0 Å². The molecule has 0 atom stereocenters. The number of nitrogens with zero attached hydrogens (tertiary/aromatic N) is 1. The van der Waals surface area contributed by atoms with Crippen LogP contribution in [0.3, 0.4) is 0 Å². The fourth-order valence-corrected chi connectivity index (χ4v) is 3.95. The Labute approximate surface area is 161 Å². The SMILES string of the molecule is C=C(CCC)c1c(/C=C\C)c2ccccc2n1-c1ccc2ccccc2c1. The Morgan fingerprint density at radius 1 is 0.963 bits per heavy atom. The summed E-state index contributed by atoms with van der Waals surface area (Å²) in [6.45, 7) is 8.74. The number of hydrogen-bond acceptors (Lipinski definition) is 0. The summed E-state index contributed by atoms with van der Waals surface area (Å²) < 4.78 is 2.38. The van der Waals surface area contributed by atoms with Crippen molar-refractivity contribution in [3.05, 3.63) is 90.6 Å². The van der Waals surface area contributed by atoms with Crippen molar-refractivity contribution < 1.29 is 0 Å². The van der Waals surface area contributed by atoms with Crippen molar-refractivity contribution in [2.75, 3.05) is 0 Å². The normalized spacial score (nSPS) is 11.6. The second-order valence-corrected chi connectivity index (χ2v) is 7.00. The van der Waals surface area contributed by atoms with Crippen molar-refractivity contribution >= 4 is 33.3 Å². The Kier molecular flexibility index (Phi) is 4.68. The molecular weight excluding hydrogens is 326 g/mol. The van der Waals surface area contributed by atoms with Crippen molar-refractivity contribution in [3.63, 3.8) is 0 Å². The molecule has 4 rings (SSSR count). The lowest BCUT2D eigenvalue weighted by Crippen LogP contribution is -2.00. The van der Waals surface area contributed by atoms with Gasteiger partial charge in [-0.05, 0) is 47.9 Å². The van der Waals surface area contributed by atoms with Gasteiger partial charge in [-0.15, -0.1) is 0 Å². The van der Waals surface area contributed by atoms with Crippen LogP contribution in [0.4, 0.5) is 0 Å². The molecule has 0 aliphatic carbocycles. The molecule has 1 nitrogen and oxygen atoms in total. The van der Waals surface area contributed by atoms with Crippen LogP contribution in [0.2, 0.25) is 0 Å². The minimum atomic E-state index is 0.995. The molecule has 0 spiro atoms. The molecule has 0 saturated heterocycles. The molecule has 1 aromatic heterocycles. The molecule has 3 aromatic carbocycles. The number of rotatable bonds is 5. The highest BCUT2D eigenvalue weighted by molar-refractivity contribution is 5.97. The van der Waals surface area contributed by atoms with Crippen molar-refractivity contribution in [2.24, 2.45) is 0 Å². The van der Waals surface area contributed by atoms with Crippen LogP contribution in [-0.4, -0.2) is 4.57 Å². The van der Waals surface area contributed by atoms with Crippen LogP contribution in [0.25, 0.3) is 39.0 Å². The van der Waals surface area contributed by atoms with Crippen LogP contribution in [0, 0.1) is 0 Å². The van der Waals surface area contributed by atoms with Gasteiger partial charge in [-0.2, -0.15) is 0 Å². The van der Waals surface area contributed by atoms with E-state index in [1.807, 2.05) is 0 Å². The highest BCUT2D eigenvalue weighted by Gasteiger charge is 2.18. The molecule has 0 unspecified atom stereocenters. The average Bonchev–Trinajstić information content (AvgIpc) is 3.03. The molecule has 0 fully saturated rings. The molecule has 0 radical (unpaired) electrons. The van der Waals surface area contributed by atoms with Crippen LogP contribution in [0.5, 0.6) is 0 Å². The summed E-state index contributed by atoms with van der Waals surface area (Å²) in [5.41, 5.74) is 6.10. The second-order valence-electron chi connectivity index (χ2n) is 7.00. The fourth-order valence-electron chi connectivity index (χ4n) is 3.95. The number of benzene rings is 3. The smallest absolute Gasteiger partial charge is 0.0567 e. The summed E-state index contributed by atoms with van der Waals surface area (Å²) >= 11 is 0. The maximum Gasteiger partial charge on any atom is 0.0567 e. The Balaban J connectivity index is 2.08. The van der Waals surface area contributed by atoms with Gasteiger partial charge in [-0.3, -0.25) is 0 Å². The van der Waals surface area contributed by atoms with Gasteiger partial charge >= 0.3 is 0 Å². The summed E-state index contributed by atoms with van der Waals surface area (Å²) in [6, 6.07) is 23.9. The van der Waals surface area contributed by atoms with Crippen LogP contribution < -0.4 is 0 Å². The van der Waals surface area contributed by atoms with E-state index in [1.165, 1.54) is 44.2 Å². The third kappa shape index (κ3) is 3.00. The van der Waals surface area contributed by atoms with E-state index < -0.39 is 0 Å². The largest absolute Gasteiger partial charge is 0.309 e. The van der Waals surface area contributed by atoms with E-state index in [4.69, 9.17) is 0 Å². The summed E-state index contributed by atoms with van der Waals surface area (Å²) in [4.78, 5) is 0. The maximum absolute atomic E-state index is 4.45. The molecule has 0 saturated carbocycles. The van der Waals surface area contributed by atoms with E-state index in [9.17, 15) is 0 Å². The molecule has 0 amide bonds. The highest BCUT2D eigenvalue weighted by atomic mass is 15.0. The number of hydrogen-bond donors (Lipinski definition) is 0. The van der Waals surface area contributed by atoms with Crippen LogP contribution in [0.15, 0.2) is 79.4 Å². The van der Waals surface area contributed by atoms with Crippen molar-refractivity contribution in [1.29, 1.82) is 0 Å². The first-order chi connectivity index (χ1) is 13.2. The Morgan fingerprint density at radius 3 is 2.48 bits per heavy atom. The van der Waals surface area contributed by atoms with Gasteiger partial charge in [0.25, 0.3) is 0 Å². The molecule has 0 N–H and O–H groups in total. The van der Waals surface area contributed by atoms with E-state index >= 15 is 0 Å². The lowest BCUT2D eigenvalue weighted by molar-refractivity contribution is 0.956. The quantitative estimate of drug-likeness (QED) is 0.348. The highest BCUT2D eigenvalue weighted by Crippen LogP contribution is 2.36. The standard InChI is InChI=1S/C26H25N/c1-4-10-19(3)26-24(11-5-2)23-14-8-9-15-25(23)27(26)22-17-16-20-12-6-7-13-21(20)18-22/h5-9,11-18H,3-4,10H2,1-2H3/b11-5-. The van der Waals surface area contributed by atoms with Gasteiger partial charge in [0.15, 0.2) is 0 Å². The minimum Gasteiger partial charge on any atom is -0.309 e. The molecule has 27 heavy (non-hydrogen) atoms. The van der Waals surface area contributed by atoms with Gasteiger partial charge < -0.3 is 4.57 Å². The first-order valence-corrected chi connectivity index (χ1v) is 9.68. The second kappa shape index (κ2) is 7.28. The van der Waals surface area contributed by atoms with Gasteiger partial charge in [0.05, 0.1) is 11.2 Å². The number of allylic oxidation sites excluding steroid dienone is 2. The van der Waals surface area contributed by atoms with Crippen molar-refractivity contribution in [1.82, 2.24) is 4.57 Å². The molecular formula is C26H25N. The van der Waals surface area contributed by atoms with E-state index in [0.717, 1.165) is 12.8 Å². The van der Waals surface area contributed by atoms with Gasteiger partial charge in [0.2, 0.25) is 0 Å². The van der Waals surface area contributed by atoms with Crippen LogP contribution >= 0.6 is 0 Å². The summed E-state index contributed by atoms with van der Waals surface area (Å²) in [5.74, 6) is 0. The molecule has 0 aliphatic heterocycles. The Hall–Kier alpha value is -3.06. The lowest BCUT2D eigenvalue weighted by atomic mass is 10.0. The zero-order chi connectivity index (χ0) is 18.8. The van der Waals surface area contributed by atoms with Crippen LogP contribution in [0.1, 0.15) is 37.9 Å². The summed E-state index contributed by atoms with van der Waals surface area (Å²) in [6.07, 6.45) is 6.42. The lowest BCUT2D eigenvalue weighted by Gasteiger charge is -2.14. The topological polar surface area (TPSA) is 4.93 Å². The first kappa shape index (κ1) is 17.4. The van der Waals surface area contributed by atoms with E-state index in [2.05, 4.69) is 104 Å². The zero-order valence-corrected chi connectivity index (χ0v) is 16.1. The average molecular weight is 351 g/mol. The van der Waals surface area contributed by atoms with Crippen molar-refractivity contribution in [2.45, 2.75) is 26.7 Å². The van der Waals surface area contributed by atoms with Crippen molar-refractivity contribution in [3.8, 4) is 5.69 Å². The molecule has 0 aliphatic rings. The van der Waals surface area contributed by atoms with Gasteiger partial charge in [-0.1, -0.05) is 80.6 Å². The monoisotopic (exact) mass is 351 g/mol. The summed E-state index contributed by atoms with van der Waals surface area (Å²) in [5, 5.41) is 3.80.